The fourth-order valence-electron chi connectivity index (χ4n) is 7.63. The Labute approximate surface area is 293 Å². The Kier molecular flexibility index (Phi) is 10.6. The van der Waals surface area contributed by atoms with Crippen LogP contribution < -0.4 is 25.8 Å². The number of benzene rings is 2. The van der Waals surface area contributed by atoms with Crippen LogP contribution in [-0.2, 0) is 31.0 Å². The van der Waals surface area contributed by atoms with Crippen molar-refractivity contribution in [1.29, 1.82) is 0 Å². The molecule has 2 fully saturated rings. The molecule has 3 heterocycles. The smallest absolute Gasteiger partial charge is 0.247 e. The predicted octanol–water partition coefficient (Wildman–Crippen LogP) is 4.49. The summed E-state index contributed by atoms with van der Waals surface area (Å²) in [4.78, 5) is 47.3. The van der Waals surface area contributed by atoms with Crippen LogP contribution in [0, 0.1) is 23.3 Å². The fourth-order valence-corrected chi connectivity index (χ4v) is 7.63. The number of ether oxygens (including phenoxy) is 1. The topological polar surface area (TPSA) is 116 Å². The molecule has 2 saturated heterocycles. The number of anilines is 3. The van der Waals surface area contributed by atoms with E-state index in [0.29, 0.717) is 64.3 Å². The second-order valence-corrected chi connectivity index (χ2v) is 13.3. The number of hydrogen-bond acceptors (Lipinski definition) is 7. The normalized spacial score (nSPS) is 18.6. The molecule has 1 aromatic heterocycles. The first-order chi connectivity index (χ1) is 24.5. The van der Waals surface area contributed by atoms with Crippen molar-refractivity contribution in [3.8, 4) is 0 Å². The number of fused-ring (bicyclic) bond motifs is 2. The molecular weight excluding hydrogens is 668 g/mol. The summed E-state index contributed by atoms with van der Waals surface area (Å²) in [6, 6.07) is 7.06. The maximum Gasteiger partial charge on any atom is 0.247 e. The van der Waals surface area contributed by atoms with E-state index in [0.717, 1.165) is 34.8 Å². The zero-order valence-electron chi connectivity index (χ0n) is 28.2. The first-order valence-corrected chi connectivity index (χ1v) is 17.0. The fraction of sp³-hybridized carbons (Fsp3) is 0.405. The van der Waals surface area contributed by atoms with E-state index in [-0.39, 0.29) is 36.0 Å². The molecule has 1 spiro atoms. The standard InChI is InChI=1S/C37H40F4N6O4/c1-3-33(48)45-30-21-43-32(19-31(30)46-10-12-51-13-11-46)47-8-6-37(7-9-47)20-23(25-5-4-24(38)18-26(25)37)17-34(49)44-29(36(50)42-2)16-22-14-27(39)35(41)28(40)15-22/h3-5,14-15,18-19,21,23,29H,1,6-13,16-17,20H2,2H3,(H,42,50)(H,44,49)(H,45,48)/t23-,29-/m1/s1. The Morgan fingerprint density at radius 1 is 1.02 bits per heavy atom. The van der Waals surface area contributed by atoms with Gasteiger partial charge in [-0.05, 0) is 77.6 Å². The molecular formula is C37H40F4N6O4. The lowest BCUT2D eigenvalue weighted by Gasteiger charge is -2.41. The average molecular weight is 709 g/mol. The molecule has 3 aliphatic rings. The minimum absolute atomic E-state index is 0.00604. The second kappa shape index (κ2) is 15.1. The minimum atomic E-state index is -1.61. The highest BCUT2D eigenvalue weighted by atomic mass is 19.2. The first-order valence-electron chi connectivity index (χ1n) is 17.0. The van der Waals surface area contributed by atoms with Crippen molar-refractivity contribution in [3.05, 3.63) is 95.2 Å². The summed E-state index contributed by atoms with van der Waals surface area (Å²) < 4.78 is 61.5. The highest BCUT2D eigenvalue weighted by Gasteiger charge is 2.46. The van der Waals surface area contributed by atoms with Crippen molar-refractivity contribution in [2.24, 2.45) is 0 Å². The molecule has 2 aliphatic heterocycles. The number of piperidine rings is 1. The lowest BCUT2D eigenvalue weighted by atomic mass is 9.73. The average Bonchev–Trinajstić information content (AvgIpc) is 3.41. The van der Waals surface area contributed by atoms with Gasteiger partial charge in [0.2, 0.25) is 17.7 Å². The molecule has 3 aromatic rings. The summed E-state index contributed by atoms with van der Waals surface area (Å²) in [5, 5.41) is 7.99. The summed E-state index contributed by atoms with van der Waals surface area (Å²) in [6.45, 7) is 7.23. The van der Waals surface area contributed by atoms with Gasteiger partial charge in [0, 0.05) is 52.1 Å². The van der Waals surface area contributed by atoms with E-state index in [2.05, 4.69) is 37.3 Å². The molecule has 1 aliphatic carbocycles. The van der Waals surface area contributed by atoms with Crippen LogP contribution >= 0.6 is 0 Å². The van der Waals surface area contributed by atoms with Crippen LogP contribution in [0.5, 0.6) is 0 Å². The van der Waals surface area contributed by atoms with Gasteiger partial charge < -0.3 is 30.5 Å². The highest BCUT2D eigenvalue weighted by molar-refractivity contribution is 6.01. The number of hydrogen-bond donors (Lipinski definition) is 3. The van der Waals surface area contributed by atoms with Gasteiger partial charge in [-0.3, -0.25) is 14.4 Å². The summed E-state index contributed by atoms with van der Waals surface area (Å²) >= 11 is 0. The van der Waals surface area contributed by atoms with E-state index in [1.165, 1.54) is 19.2 Å². The van der Waals surface area contributed by atoms with Crippen LogP contribution in [0.15, 0.2) is 55.3 Å². The number of nitrogens with one attached hydrogen (secondary N) is 3. The number of nitrogens with zero attached hydrogens (tertiary/aromatic N) is 3. The molecule has 3 N–H and O–H groups in total. The number of rotatable bonds is 10. The summed E-state index contributed by atoms with van der Waals surface area (Å²) in [5.41, 5.74) is 2.76. The number of carbonyl (C=O) groups is 3. The summed E-state index contributed by atoms with van der Waals surface area (Å²) in [7, 11) is 1.37. The van der Waals surface area contributed by atoms with Crippen molar-refractivity contribution in [3.63, 3.8) is 0 Å². The van der Waals surface area contributed by atoms with Crippen molar-refractivity contribution in [1.82, 2.24) is 15.6 Å². The number of likely N-dealkylation sites (N-methyl/N-ethyl adjacent to an activating group) is 1. The van der Waals surface area contributed by atoms with Crippen molar-refractivity contribution >= 4 is 34.9 Å². The van der Waals surface area contributed by atoms with Gasteiger partial charge >= 0.3 is 0 Å². The molecule has 270 valence electrons. The second-order valence-electron chi connectivity index (χ2n) is 13.3. The lowest BCUT2D eigenvalue weighted by Crippen LogP contribution is -2.47. The largest absolute Gasteiger partial charge is 0.378 e. The Hall–Kier alpha value is -4.98. The van der Waals surface area contributed by atoms with Gasteiger partial charge in [0.05, 0.1) is 30.8 Å². The van der Waals surface area contributed by atoms with Crippen LogP contribution in [0.25, 0.3) is 0 Å². The number of carbonyl (C=O) groups excluding carboxylic acids is 3. The number of morpholine rings is 1. The molecule has 0 radical (unpaired) electrons. The SMILES string of the molecule is C=CC(=O)Nc1cnc(N2CCC3(CC2)C[C@@H](CC(=O)N[C@H](Cc2cc(F)c(F)c(F)c2)C(=O)NC)c2ccc(F)cc23)cc1N1CCOCC1. The van der Waals surface area contributed by atoms with Gasteiger partial charge in [-0.1, -0.05) is 12.6 Å². The Morgan fingerprint density at radius 2 is 1.73 bits per heavy atom. The van der Waals surface area contributed by atoms with Crippen LogP contribution in [0.3, 0.4) is 0 Å². The van der Waals surface area contributed by atoms with E-state index in [1.807, 2.05) is 6.07 Å². The molecule has 0 saturated carbocycles. The number of halogens is 4. The van der Waals surface area contributed by atoms with E-state index < -0.39 is 40.7 Å². The van der Waals surface area contributed by atoms with Crippen molar-refractivity contribution in [2.45, 2.75) is 49.5 Å². The predicted molar refractivity (Wildman–Crippen MR) is 184 cm³/mol. The third-order valence-electron chi connectivity index (χ3n) is 10.2. The zero-order chi connectivity index (χ0) is 36.3. The van der Waals surface area contributed by atoms with Crippen LogP contribution in [0.4, 0.5) is 34.8 Å². The van der Waals surface area contributed by atoms with Crippen LogP contribution in [0.2, 0.25) is 0 Å². The van der Waals surface area contributed by atoms with Gasteiger partial charge in [-0.15, -0.1) is 0 Å². The monoisotopic (exact) mass is 708 g/mol. The molecule has 51 heavy (non-hydrogen) atoms. The molecule has 2 aromatic carbocycles. The maximum absolute atomic E-state index is 14.7. The van der Waals surface area contributed by atoms with E-state index in [4.69, 9.17) is 4.74 Å². The van der Waals surface area contributed by atoms with Gasteiger partial charge in [0.25, 0.3) is 0 Å². The number of pyridine rings is 1. The van der Waals surface area contributed by atoms with Crippen LogP contribution in [0.1, 0.15) is 48.3 Å². The molecule has 3 amide bonds. The van der Waals surface area contributed by atoms with E-state index >= 15 is 0 Å². The van der Waals surface area contributed by atoms with Gasteiger partial charge in [0.15, 0.2) is 17.5 Å². The number of amides is 3. The molecule has 0 unspecified atom stereocenters. The Morgan fingerprint density at radius 3 is 2.39 bits per heavy atom. The maximum atomic E-state index is 14.7. The molecule has 0 bridgehead atoms. The molecule has 2 atom stereocenters. The molecule has 10 nitrogen and oxygen atoms in total. The van der Waals surface area contributed by atoms with E-state index in [9.17, 15) is 31.9 Å². The van der Waals surface area contributed by atoms with E-state index in [1.54, 1.807) is 18.3 Å². The van der Waals surface area contributed by atoms with Crippen molar-refractivity contribution < 1.29 is 36.7 Å². The van der Waals surface area contributed by atoms with Crippen LogP contribution in [-0.4, -0.2) is 75.2 Å². The highest BCUT2D eigenvalue weighted by Crippen LogP contribution is 2.53. The Bertz CT molecular complexity index is 1800. The first kappa shape index (κ1) is 35.8. The molecule has 14 heteroatoms. The zero-order valence-corrected chi connectivity index (χ0v) is 28.2. The van der Waals surface area contributed by atoms with Gasteiger partial charge in [-0.25, -0.2) is 22.5 Å². The lowest BCUT2D eigenvalue weighted by molar-refractivity contribution is -0.128. The summed E-state index contributed by atoms with van der Waals surface area (Å²) in [5.74, 6) is -5.64. The van der Waals surface area contributed by atoms with Crippen molar-refractivity contribution in [2.75, 3.05) is 61.6 Å². The third kappa shape index (κ3) is 7.70. The molecule has 6 rings (SSSR count). The van der Waals surface area contributed by atoms with Gasteiger partial charge in [0.1, 0.15) is 17.7 Å². The Balaban J connectivity index is 1.17. The summed E-state index contributed by atoms with van der Waals surface area (Å²) in [6.07, 6.45) is 4.54. The van der Waals surface area contributed by atoms with Gasteiger partial charge in [-0.2, -0.15) is 0 Å². The quantitative estimate of drug-likeness (QED) is 0.162. The number of aromatic nitrogens is 1. The third-order valence-corrected chi connectivity index (χ3v) is 10.2. The minimum Gasteiger partial charge on any atom is -0.378 e.